The second-order valence-corrected chi connectivity index (χ2v) is 12.9. The van der Waals surface area contributed by atoms with Crippen LogP contribution in [0.3, 0.4) is 0 Å². The fourth-order valence-electron chi connectivity index (χ4n) is 1.44. The molecule has 0 unspecified atom stereocenters. The normalized spacial score (nSPS) is 11.9. The summed E-state index contributed by atoms with van der Waals surface area (Å²) in [7, 11) is -10.4. The van der Waals surface area contributed by atoms with Crippen LogP contribution >= 0.6 is 23.4 Å². The zero-order valence-corrected chi connectivity index (χ0v) is 22.8. The molecule has 0 aliphatic rings. The van der Waals surface area contributed by atoms with Gasteiger partial charge in [0.15, 0.2) is 12.2 Å². The Hall–Kier alpha value is -0.880. The van der Waals surface area contributed by atoms with E-state index in [2.05, 4.69) is 20.4 Å². The molecule has 0 aromatic heterocycles. The Morgan fingerprint density at radius 3 is 1.06 bits per heavy atom. The van der Waals surface area contributed by atoms with E-state index in [1.54, 1.807) is 0 Å². The van der Waals surface area contributed by atoms with Gasteiger partial charge in [0.1, 0.15) is 0 Å². The molecule has 32 heavy (non-hydrogen) atoms. The van der Waals surface area contributed by atoms with E-state index in [1.807, 2.05) is 67.6 Å². The summed E-state index contributed by atoms with van der Waals surface area (Å²) >= 11 is 0. The minimum atomic E-state index is -3.76. The number of hydrogen-bond acceptors (Lipinski definition) is 9. The zero-order valence-electron chi connectivity index (χ0n) is 20.2. The van der Waals surface area contributed by atoms with Gasteiger partial charge in [-0.2, -0.15) is 9.05 Å². The smallest absolute Gasteiger partial charge is 0.299 e. The van der Waals surface area contributed by atoms with Crippen molar-refractivity contribution >= 4 is 23.4 Å². The average Bonchev–Trinajstić information content (AvgIpc) is 2.68. The molecule has 0 fully saturated rings. The lowest BCUT2D eigenvalue weighted by molar-refractivity contribution is 0.181. The van der Waals surface area contributed by atoms with E-state index in [9.17, 15) is 13.7 Å². The fourth-order valence-corrected chi connectivity index (χ4v) is 4.56. The zero-order chi connectivity index (χ0) is 24.8. The molecule has 0 aromatic rings. The maximum Gasteiger partial charge on any atom is 0.824 e. The molecule has 0 aliphatic heterocycles. The molecular formula is C20H36O9P3+. The maximum atomic E-state index is 12.7. The largest absolute Gasteiger partial charge is 0.824 e. The highest BCUT2D eigenvalue weighted by Crippen LogP contribution is 2.49. The minimum absolute atomic E-state index is 0.107. The molecule has 0 heterocycles. The first-order valence-electron chi connectivity index (χ1n) is 10.4. The van der Waals surface area contributed by atoms with E-state index in [4.69, 9.17) is 18.1 Å². The summed E-state index contributed by atoms with van der Waals surface area (Å²) in [6.07, 6.45) is 4.06. The van der Waals surface area contributed by atoms with Gasteiger partial charge < -0.3 is 0 Å². The molecule has 0 aliphatic carbocycles. The van der Waals surface area contributed by atoms with Crippen molar-refractivity contribution in [3.05, 3.63) is 0 Å². The van der Waals surface area contributed by atoms with Crippen molar-refractivity contribution in [3.63, 3.8) is 0 Å². The summed E-state index contributed by atoms with van der Waals surface area (Å²) in [6, 6.07) is 0. The first-order chi connectivity index (χ1) is 14.8. The molecule has 0 atom stereocenters. The lowest BCUT2D eigenvalue weighted by atomic mass is 10.2. The van der Waals surface area contributed by atoms with Gasteiger partial charge in [0.05, 0.1) is 37.8 Å². The molecular weight excluding hydrogens is 477 g/mol. The van der Waals surface area contributed by atoms with Crippen LogP contribution in [0, 0.1) is 47.2 Å². The van der Waals surface area contributed by atoms with Crippen LogP contribution in [0.4, 0.5) is 0 Å². The molecule has 0 spiro atoms. The van der Waals surface area contributed by atoms with Crippen molar-refractivity contribution in [2.75, 3.05) is 26.4 Å². The van der Waals surface area contributed by atoms with Crippen LogP contribution in [-0.4, -0.2) is 26.4 Å². The van der Waals surface area contributed by atoms with Crippen molar-refractivity contribution in [2.24, 2.45) is 23.7 Å². The quantitative estimate of drug-likeness (QED) is 0.188. The number of rotatable bonds is 14. The van der Waals surface area contributed by atoms with Gasteiger partial charge >= 0.3 is 23.4 Å². The van der Waals surface area contributed by atoms with Crippen LogP contribution in [-0.2, 0) is 40.8 Å². The van der Waals surface area contributed by atoms with Crippen LogP contribution in [0.15, 0.2) is 0 Å². The fraction of sp³-hybridized carbons (Fsp3) is 0.800. The Morgan fingerprint density at radius 2 is 0.844 bits per heavy atom. The van der Waals surface area contributed by atoms with Crippen LogP contribution in [0.5, 0.6) is 0 Å². The summed E-state index contributed by atoms with van der Waals surface area (Å²) < 4.78 is 67.7. The molecule has 184 valence electrons. The Morgan fingerprint density at radius 1 is 0.594 bits per heavy atom. The van der Waals surface area contributed by atoms with E-state index in [0.717, 1.165) is 0 Å². The van der Waals surface area contributed by atoms with Crippen molar-refractivity contribution < 1.29 is 40.8 Å². The predicted molar refractivity (Wildman–Crippen MR) is 124 cm³/mol. The van der Waals surface area contributed by atoms with Crippen molar-refractivity contribution in [1.82, 2.24) is 0 Å². The molecule has 0 saturated heterocycles. The molecule has 0 amide bonds. The van der Waals surface area contributed by atoms with Crippen LogP contribution in [0.2, 0.25) is 0 Å². The van der Waals surface area contributed by atoms with Crippen molar-refractivity contribution in [3.8, 4) is 23.5 Å². The lowest BCUT2D eigenvalue weighted by Crippen LogP contribution is -2.05. The predicted octanol–water partition coefficient (Wildman–Crippen LogP) is 6.59. The first kappa shape index (κ1) is 31.1. The molecule has 0 bridgehead atoms. The first-order valence-corrected chi connectivity index (χ1v) is 14.6. The molecule has 0 rings (SSSR count). The lowest BCUT2D eigenvalue weighted by Gasteiger charge is -2.15. The standard InChI is InChI=1S/C20H36O9P3/c1-17(2)13-26-31(22,27-14-18(3)4)11-9-24-30(21)25-10-12-32(23,28-15-19(5)6)29-16-20(7)8/h17-20H,13-16H2,1-8H3/q+1. The second kappa shape index (κ2) is 15.9. The van der Waals surface area contributed by atoms with Gasteiger partial charge in [-0.05, 0) is 23.7 Å². The third-order valence-electron chi connectivity index (χ3n) is 2.92. The Kier molecular flexibility index (Phi) is 15.4. The molecule has 0 aromatic carbocycles. The third-order valence-corrected chi connectivity index (χ3v) is 6.08. The van der Waals surface area contributed by atoms with E-state index >= 15 is 0 Å². The third kappa shape index (κ3) is 16.7. The monoisotopic (exact) mass is 513 g/mol. The molecule has 9 nitrogen and oxygen atoms in total. The Labute approximate surface area is 193 Å². The summed E-state index contributed by atoms with van der Waals surface area (Å²) in [5.74, 6) is 0.428. The summed E-state index contributed by atoms with van der Waals surface area (Å²) in [5.41, 5.74) is 4.47. The van der Waals surface area contributed by atoms with Crippen molar-refractivity contribution in [1.29, 1.82) is 0 Å². The highest BCUT2D eigenvalue weighted by atomic mass is 31.2. The van der Waals surface area contributed by atoms with Gasteiger partial charge in [0, 0.05) is 4.57 Å². The summed E-state index contributed by atoms with van der Waals surface area (Å²) in [4.78, 5) is 0. The summed E-state index contributed by atoms with van der Waals surface area (Å²) in [5, 5.41) is 0. The van der Waals surface area contributed by atoms with Gasteiger partial charge in [-0.1, -0.05) is 55.4 Å². The summed E-state index contributed by atoms with van der Waals surface area (Å²) in [6.45, 7) is 15.7. The van der Waals surface area contributed by atoms with Crippen LogP contribution in [0.1, 0.15) is 55.4 Å². The molecule has 0 radical (unpaired) electrons. The highest BCUT2D eigenvalue weighted by Gasteiger charge is 2.27. The Bertz CT molecular complexity index is 690. The minimum Gasteiger partial charge on any atom is -0.299 e. The van der Waals surface area contributed by atoms with Gasteiger partial charge in [0.2, 0.25) is 0 Å². The van der Waals surface area contributed by atoms with E-state index < -0.39 is 23.4 Å². The second-order valence-electron chi connectivity index (χ2n) is 8.59. The molecule has 0 N–H and O–H groups in total. The average molecular weight is 513 g/mol. The van der Waals surface area contributed by atoms with Crippen LogP contribution < -0.4 is 0 Å². The van der Waals surface area contributed by atoms with E-state index in [-0.39, 0.29) is 50.1 Å². The van der Waals surface area contributed by atoms with Gasteiger partial charge in [0.25, 0.3) is 0 Å². The van der Waals surface area contributed by atoms with Gasteiger partial charge in [-0.25, -0.2) is 9.13 Å². The van der Waals surface area contributed by atoms with E-state index in [0.29, 0.717) is 0 Å². The number of hydrogen-bond donors (Lipinski definition) is 0. The van der Waals surface area contributed by atoms with Gasteiger partial charge in [-0.15, -0.1) is 0 Å². The molecule has 12 heteroatoms. The topological polar surface area (TPSA) is 107 Å². The maximum absolute atomic E-state index is 12.7. The molecule has 0 saturated carbocycles. The van der Waals surface area contributed by atoms with Crippen LogP contribution in [0.25, 0.3) is 0 Å². The Balaban J connectivity index is 5.05. The van der Waals surface area contributed by atoms with Crippen molar-refractivity contribution in [2.45, 2.75) is 55.4 Å². The van der Waals surface area contributed by atoms with E-state index in [1.165, 1.54) is 0 Å². The SMILES string of the molecule is CC(C)COP(=O)(C#CO[P+](=O)OC#CP(=O)(OCC(C)C)OCC(C)C)OCC(C)C. The van der Waals surface area contributed by atoms with Gasteiger partial charge in [-0.3, -0.25) is 18.1 Å². The highest BCUT2D eigenvalue weighted by molar-refractivity contribution is 7.59.